The predicted octanol–water partition coefficient (Wildman–Crippen LogP) is 17.8. The summed E-state index contributed by atoms with van der Waals surface area (Å²) in [5.41, 5.74) is 23.7. The van der Waals surface area contributed by atoms with Gasteiger partial charge in [0.1, 0.15) is 0 Å². The van der Waals surface area contributed by atoms with Gasteiger partial charge in [-0.1, -0.05) is 175 Å². The van der Waals surface area contributed by atoms with Gasteiger partial charge in [-0.15, -0.1) is 0 Å². The first kappa shape index (κ1) is 54.0. The molecular formula is C53H88N2Ni. The van der Waals surface area contributed by atoms with Crippen molar-refractivity contribution in [2.75, 3.05) is 0 Å². The van der Waals surface area contributed by atoms with Crippen molar-refractivity contribution in [2.24, 2.45) is 0 Å². The third-order valence-corrected chi connectivity index (χ3v) is 11.6. The Morgan fingerprint density at radius 2 is 0.679 bits per heavy atom. The molecule has 0 amide bonds. The molecule has 2 aromatic rings. The first-order valence-corrected chi connectivity index (χ1v) is 23.2. The Hall–Kier alpha value is -1.99. The molecule has 0 fully saturated rings. The SMILES string of the molecule is CCCCCCCCCCCc1cc(CCCCCCCCCCC)cc(C2=CC(CCCCC)=C(c3cc(CCCC)cc(CCCC)c3)[N+]2=[N-])c1.[CH3-].[CH3-].[Ni+2]. The summed E-state index contributed by atoms with van der Waals surface area (Å²) < 4.78 is 1.59. The number of benzene rings is 2. The molecule has 0 saturated carbocycles. The average Bonchev–Trinajstić information content (AvgIpc) is 3.50. The number of rotatable bonds is 32. The van der Waals surface area contributed by atoms with Crippen LogP contribution in [0.2, 0.25) is 0 Å². The van der Waals surface area contributed by atoms with Crippen molar-refractivity contribution in [1.29, 1.82) is 0 Å². The Morgan fingerprint density at radius 3 is 1.07 bits per heavy atom. The molecule has 0 aliphatic carbocycles. The number of hydrogen-bond acceptors (Lipinski definition) is 0. The maximum absolute atomic E-state index is 12.2. The van der Waals surface area contributed by atoms with Crippen LogP contribution in [0.5, 0.6) is 0 Å². The van der Waals surface area contributed by atoms with Gasteiger partial charge in [0.2, 0.25) is 11.4 Å². The van der Waals surface area contributed by atoms with Crippen LogP contribution >= 0.6 is 0 Å². The molecule has 0 atom stereocenters. The maximum atomic E-state index is 12.2. The maximum Gasteiger partial charge on any atom is 2.00 e. The van der Waals surface area contributed by atoms with Crippen LogP contribution in [0.1, 0.15) is 235 Å². The summed E-state index contributed by atoms with van der Waals surface area (Å²) in [5, 5.41) is 0. The van der Waals surface area contributed by atoms with Crippen LogP contribution in [-0.2, 0) is 42.2 Å². The first-order valence-electron chi connectivity index (χ1n) is 23.2. The van der Waals surface area contributed by atoms with E-state index in [2.05, 4.69) is 77.1 Å². The molecule has 0 spiro atoms. The number of aryl methyl sites for hydroxylation is 4. The van der Waals surface area contributed by atoms with E-state index in [1.165, 1.54) is 193 Å². The fourth-order valence-electron chi connectivity index (χ4n) is 8.25. The van der Waals surface area contributed by atoms with Gasteiger partial charge >= 0.3 is 16.5 Å². The molecule has 0 aromatic heterocycles. The Kier molecular flexibility index (Phi) is 32.7. The molecule has 0 saturated heterocycles. The van der Waals surface area contributed by atoms with Gasteiger partial charge in [0.05, 0.1) is 0 Å². The van der Waals surface area contributed by atoms with Crippen LogP contribution < -0.4 is 0 Å². The normalized spacial score (nSPS) is 12.4. The topological polar surface area (TPSA) is 25.3 Å². The summed E-state index contributed by atoms with van der Waals surface area (Å²) in [5.74, 6) is 0. The predicted molar refractivity (Wildman–Crippen MR) is 247 cm³/mol. The van der Waals surface area contributed by atoms with Gasteiger partial charge in [-0.25, -0.2) is 4.70 Å². The third kappa shape index (κ3) is 20.6. The molecule has 0 radical (unpaired) electrons. The van der Waals surface area contributed by atoms with Crippen LogP contribution in [-0.4, -0.2) is 4.70 Å². The Labute approximate surface area is 360 Å². The van der Waals surface area contributed by atoms with Gasteiger partial charge in [0, 0.05) is 22.8 Å². The summed E-state index contributed by atoms with van der Waals surface area (Å²) in [7, 11) is 0. The van der Waals surface area contributed by atoms with Crippen LogP contribution in [0.4, 0.5) is 0 Å². The molecule has 1 heterocycles. The van der Waals surface area contributed by atoms with Crippen molar-refractivity contribution >= 4 is 11.4 Å². The Morgan fingerprint density at radius 1 is 0.375 bits per heavy atom. The quantitative estimate of drug-likeness (QED) is 0.0304. The zero-order valence-corrected chi connectivity index (χ0v) is 39.0. The fraction of sp³-hybridized carbons (Fsp3) is 0.660. The van der Waals surface area contributed by atoms with Gasteiger partial charge in [-0.3, -0.25) is 0 Å². The second kappa shape index (κ2) is 33.9. The molecule has 320 valence electrons. The summed E-state index contributed by atoms with van der Waals surface area (Å²) in [6, 6.07) is 14.5. The second-order valence-electron chi connectivity index (χ2n) is 16.6. The summed E-state index contributed by atoms with van der Waals surface area (Å²) in [4.78, 5) is 0. The van der Waals surface area contributed by atoms with E-state index in [1.54, 1.807) is 4.70 Å². The van der Waals surface area contributed by atoms with E-state index in [1.807, 2.05) is 0 Å². The minimum Gasteiger partial charge on any atom is -0.493 e. The van der Waals surface area contributed by atoms with E-state index in [4.69, 9.17) is 0 Å². The van der Waals surface area contributed by atoms with E-state index in [0.717, 1.165) is 49.9 Å². The fourth-order valence-corrected chi connectivity index (χ4v) is 8.25. The molecule has 1 aliphatic heterocycles. The van der Waals surface area contributed by atoms with Gasteiger partial charge < -0.3 is 20.4 Å². The monoisotopic (exact) mass is 811 g/mol. The standard InChI is InChI=1S/C51H82N2.2CH3.Ni/c1-6-11-16-18-20-22-24-26-29-33-45-37-46(34-30-27-25-23-21-19-17-12-7-2)39-48(38-45)50-42-47(35-28-13-8-3)51(53(50)52)49-40-43(31-14-9-4)36-44(41-49)32-15-10-5;;;/h36-42H,6-35H2,1-5H3;2*1H3;/q;2*-1;+2. The minimum atomic E-state index is 0. The van der Waals surface area contributed by atoms with Gasteiger partial charge in [0.15, 0.2) is 0 Å². The molecule has 2 aromatic carbocycles. The van der Waals surface area contributed by atoms with Crippen LogP contribution in [0, 0.1) is 14.9 Å². The molecule has 3 heteroatoms. The van der Waals surface area contributed by atoms with E-state index >= 15 is 0 Å². The average molecular weight is 812 g/mol. The Bertz CT molecular complexity index is 1300. The number of unbranched alkanes of at least 4 members (excludes halogenated alkanes) is 20. The smallest absolute Gasteiger partial charge is 0.493 e. The zero-order chi connectivity index (χ0) is 37.9. The van der Waals surface area contributed by atoms with Crippen molar-refractivity contribution in [2.45, 2.75) is 227 Å². The molecule has 0 unspecified atom stereocenters. The molecular weight excluding hydrogens is 723 g/mol. The van der Waals surface area contributed by atoms with E-state index in [-0.39, 0.29) is 31.3 Å². The number of hydrogen-bond donors (Lipinski definition) is 0. The van der Waals surface area contributed by atoms with Crippen molar-refractivity contribution in [3.05, 3.63) is 102 Å². The van der Waals surface area contributed by atoms with Crippen molar-refractivity contribution in [1.82, 2.24) is 0 Å². The molecule has 0 N–H and O–H groups in total. The number of allylic oxidation sites excluding steroid dienone is 2. The third-order valence-electron chi connectivity index (χ3n) is 11.6. The second-order valence-corrected chi connectivity index (χ2v) is 16.6. The first-order chi connectivity index (χ1) is 26.0. The number of nitrogens with zero attached hydrogens (tertiary/aromatic N) is 2. The van der Waals surface area contributed by atoms with Crippen molar-refractivity contribution in [3.8, 4) is 0 Å². The van der Waals surface area contributed by atoms with Gasteiger partial charge in [-0.2, -0.15) is 0 Å². The Balaban J connectivity index is 0.0000101. The molecule has 3 rings (SSSR count). The van der Waals surface area contributed by atoms with E-state index < -0.39 is 0 Å². The largest absolute Gasteiger partial charge is 2.00 e. The minimum absolute atomic E-state index is 0. The molecule has 1 aliphatic rings. The summed E-state index contributed by atoms with van der Waals surface area (Å²) in [6.45, 7) is 11.5. The van der Waals surface area contributed by atoms with Gasteiger partial charge in [0.25, 0.3) is 0 Å². The summed E-state index contributed by atoms with van der Waals surface area (Å²) in [6.07, 6.45) is 40.8. The zero-order valence-electron chi connectivity index (χ0n) is 38.0. The molecule has 56 heavy (non-hydrogen) atoms. The van der Waals surface area contributed by atoms with Gasteiger partial charge in [-0.05, 0) is 111 Å². The van der Waals surface area contributed by atoms with Crippen LogP contribution in [0.25, 0.3) is 16.9 Å². The summed E-state index contributed by atoms with van der Waals surface area (Å²) >= 11 is 0. The van der Waals surface area contributed by atoms with Crippen LogP contribution in [0.15, 0.2) is 48.0 Å². The van der Waals surface area contributed by atoms with Crippen molar-refractivity contribution in [3.63, 3.8) is 0 Å². The van der Waals surface area contributed by atoms with E-state index in [0.29, 0.717) is 0 Å². The molecule has 2 nitrogen and oxygen atoms in total. The van der Waals surface area contributed by atoms with Crippen LogP contribution in [0.3, 0.4) is 0 Å². The van der Waals surface area contributed by atoms with E-state index in [9.17, 15) is 5.53 Å². The van der Waals surface area contributed by atoms with Crippen molar-refractivity contribution < 1.29 is 21.2 Å². The molecule has 0 bridgehead atoms.